The van der Waals surface area contributed by atoms with Gasteiger partial charge in [-0.1, -0.05) is 164 Å². The van der Waals surface area contributed by atoms with Gasteiger partial charge in [0, 0.05) is 18.6 Å². The number of halogens is 6. The average Bonchev–Trinajstić information content (AvgIpc) is 4.20. The van der Waals surface area contributed by atoms with E-state index in [-0.39, 0.29) is 30.0 Å². The van der Waals surface area contributed by atoms with Crippen molar-refractivity contribution in [3.05, 3.63) is 215 Å². The fourth-order valence-corrected chi connectivity index (χ4v) is 9.51. The summed E-state index contributed by atoms with van der Waals surface area (Å²) in [4.78, 5) is 44.8. The van der Waals surface area contributed by atoms with Gasteiger partial charge in [-0.25, -0.2) is 9.59 Å². The van der Waals surface area contributed by atoms with Crippen molar-refractivity contribution >= 4 is 23.8 Å². The SMILES string of the molecule is CC1(C)OC([C@@H](Cc2ccccc2)NCc2ccccc2)C([C@@H](Cc2ccccc2)NC(=O)C(F)(F)F)O1.CC1(C)OC([C@H](N)Cc2ccccc2)C([C@@H](Cc2ccccc2)NC(=O)C(F)(F)F)O1.O=C(O)c1ccccc1C(=O)O. The van der Waals surface area contributed by atoms with Crippen molar-refractivity contribution < 1.29 is 74.7 Å². The lowest BCUT2D eigenvalue weighted by atomic mass is 9.91. The summed E-state index contributed by atoms with van der Waals surface area (Å²) in [6, 6.07) is 49.9. The maximum absolute atomic E-state index is 13.3. The van der Waals surface area contributed by atoms with Crippen LogP contribution in [0.1, 0.15) is 76.2 Å². The number of carbonyl (C=O) groups excluding carboxylic acids is 2. The van der Waals surface area contributed by atoms with E-state index in [0.29, 0.717) is 19.4 Å². The predicted molar refractivity (Wildman–Crippen MR) is 290 cm³/mol. The number of rotatable bonds is 19. The van der Waals surface area contributed by atoms with Gasteiger partial charge in [0.1, 0.15) is 24.4 Å². The highest BCUT2D eigenvalue weighted by atomic mass is 19.4. The number of hydrogen-bond donors (Lipinski definition) is 6. The van der Waals surface area contributed by atoms with Crippen LogP contribution in [0.25, 0.3) is 0 Å². The summed E-state index contributed by atoms with van der Waals surface area (Å²) in [5.41, 5.74) is 10.7. The Morgan fingerprint density at radius 3 is 1.05 bits per heavy atom. The first-order valence-corrected chi connectivity index (χ1v) is 26.0. The van der Waals surface area contributed by atoms with Crippen molar-refractivity contribution in [3.63, 3.8) is 0 Å². The number of benzene rings is 6. The van der Waals surface area contributed by atoms with E-state index >= 15 is 0 Å². The number of carboxylic acids is 2. The Morgan fingerprint density at radius 1 is 0.444 bits per heavy atom. The van der Waals surface area contributed by atoms with E-state index in [0.717, 1.165) is 27.8 Å². The number of nitrogens with two attached hydrogens (primary N) is 1. The molecule has 0 bridgehead atoms. The highest BCUT2D eigenvalue weighted by Gasteiger charge is 2.52. The molecule has 0 aromatic heterocycles. The van der Waals surface area contributed by atoms with Crippen molar-refractivity contribution in [2.45, 2.75) is 132 Å². The number of alkyl halides is 6. The van der Waals surface area contributed by atoms with E-state index in [1.807, 2.05) is 127 Å². The fourth-order valence-electron chi connectivity index (χ4n) is 9.51. The minimum absolute atomic E-state index is 0.140. The van der Waals surface area contributed by atoms with E-state index in [1.54, 1.807) is 52.0 Å². The number of aromatic carboxylic acids is 2. The van der Waals surface area contributed by atoms with Gasteiger partial charge in [-0.2, -0.15) is 26.3 Å². The molecule has 2 aliphatic rings. The zero-order valence-electron chi connectivity index (χ0n) is 44.9. The first-order valence-electron chi connectivity index (χ1n) is 26.0. The molecule has 4 unspecified atom stereocenters. The number of amides is 2. The summed E-state index contributed by atoms with van der Waals surface area (Å²) < 4.78 is 104. The van der Waals surface area contributed by atoms with Gasteiger partial charge in [0.05, 0.1) is 23.2 Å². The van der Waals surface area contributed by atoms with Crippen molar-refractivity contribution in [2.24, 2.45) is 5.73 Å². The van der Waals surface area contributed by atoms with Crippen LogP contribution in [-0.4, -0.2) is 106 Å². The number of ether oxygens (including phenoxy) is 4. The van der Waals surface area contributed by atoms with Crippen LogP contribution in [0.5, 0.6) is 0 Å². The molecule has 0 radical (unpaired) electrons. The molecule has 6 aromatic rings. The van der Waals surface area contributed by atoms with Gasteiger partial charge in [0.25, 0.3) is 0 Å². The van der Waals surface area contributed by atoms with Crippen LogP contribution < -0.4 is 21.7 Å². The highest BCUT2D eigenvalue weighted by Crippen LogP contribution is 2.36. The standard InChI is InChI=1S/C30H33F3N2O3.C23H27F3N2O3.C8H6O4/c1-29(2)37-26(24(18-21-12-6-3-7-13-21)34-20-23-16-10-5-11-17-23)27(38-29)25(35-28(36)30(31,32)33)19-22-14-8-4-9-15-22;1-22(2)30-19(17(27)13-15-9-5-3-6-10-15)20(31-22)18(28-21(29)23(24,25)26)14-16-11-7-4-8-12-16;9-7(10)5-3-1-2-4-6(5)8(11)12/h3-17,24-27,34H,18-20H2,1-2H3,(H,35,36);3-12,17-20H,13-14,27H2,1-2H3,(H,28,29);1-4H,(H,9,10)(H,11,12)/t24-,25-,26?,27?;17-,18-,19?,20?;/m11./s1. The molecule has 0 spiro atoms. The van der Waals surface area contributed by atoms with E-state index in [4.69, 9.17) is 34.9 Å². The minimum Gasteiger partial charge on any atom is -0.478 e. The summed E-state index contributed by atoms with van der Waals surface area (Å²) in [7, 11) is 0. The van der Waals surface area contributed by atoms with Crippen LogP contribution in [0.2, 0.25) is 0 Å². The zero-order valence-corrected chi connectivity index (χ0v) is 44.9. The third-order valence-electron chi connectivity index (χ3n) is 13.1. The number of nitrogens with one attached hydrogen (secondary N) is 3. The first kappa shape index (κ1) is 62.7. The molecule has 2 aliphatic heterocycles. The molecule has 2 heterocycles. The van der Waals surface area contributed by atoms with Crippen molar-refractivity contribution in [1.82, 2.24) is 16.0 Å². The van der Waals surface area contributed by atoms with Crippen LogP contribution in [0.3, 0.4) is 0 Å². The zero-order chi connectivity index (χ0) is 59.0. The van der Waals surface area contributed by atoms with Gasteiger partial charge in [-0.05, 0) is 93.3 Å². The van der Waals surface area contributed by atoms with Gasteiger partial charge < -0.3 is 50.8 Å². The topological polar surface area (TPSA) is 208 Å². The predicted octanol–water partition coefficient (Wildman–Crippen LogP) is 9.65. The summed E-state index contributed by atoms with van der Waals surface area (Å²) in [6.45, 7) is 7.37. The molecule has 2 fully saturated rings. The van der Waals surface area contributed by atoms with Crippen LogP contribution in [0, 0.1) is 0 Å². The normalized spacial score (nSPS) is 19.7. The Balaban J connectivity index is 0.000000220. The van der Waals surface area contributed by atoms with Gasteiger partial charge in [-0.15, -0.1) is 0 Å². The van der Waals surface area contributed by atoms with Gasteiger partial charge >= 0.3 is 36.1 Å². The maximum atomic E-state index is 13.3. The summed E-state index contributed by atoms with van der Waals surface area (Å²) in [5.74, 6) is -8.58. The van der Waals surface area contributed by atoms with E-state index in [2.05, 4.69) is 16.0 Å². The molecular weight excluding hydrogens is 1060 g/mol. The molecule has 14 nitrogen and oxygen atoms in total. The Hall–Kier alpha value is -7.46. The first-order chi connectivity index (χ1) is 38.3. The molecule has 8 atom stereocenters. The number of carbonyl (C=O) groups is 4. The minimum atomic E-state index is -5.02. The van der Waals surface area contributed by atoms with Gasteiger partial charge in [0.15, 0.2) is 11.6 Å². The number of carboxylic acid groups (broad SMARTS) is 2. The van der Waals surface area contributed by atoms with Crippen molar-refractivity contribution in [2.75, 3.05) is 0 Å². The molecule has 20 heteroatoms. The van der Waals surface area contributed by atoms with Crippen LogP contribution >= 0.6 is 0 Å². The molecule has 432 valence electrons. The van der Waals surface area contributed by atoms with Crippen LogP contribution in [-0.2, 0) is 60.8 Å². The smallest absolute Gasteiger partial charge is 0.471 e. The fraction of sp³-hybridized carbons (Fsp3) is 0.344. The lowest BCUT2D eigenvalue weighted by Gasteiger charge is -2.33. The number of hydrogen-bond acceptors (Lipinski definition) is 10. The molecule has 0 aliphatic carbocycles. The molecule has 6 aromatic carbocycles. The van der Waals surface area contributed by atoms with E-state index < -0.39 is 90.2 Å². The summed E-state index contributed by atoms with van der Waals surface area (Å²) >= 11 is 0. The monoisotopic (exact) mass is 1130 g/mol. The second kappa shape index (κ2) is 28.3. The van der Waals surface area contributed by atoms with Crippen molar-refractivity contribution in [1.29, 1.82) is 0 Å². The molecule has 81 heavy (non-hydrogen) atoms. The quantitative estimate of drug-likeness (QED) is 0.0419. The van der Waals surface area contributed by atoms with Crippen molar-refractivity contribution in [3.8, 4) is 0 Å². The Labute approximate surface area is 466 Å². The van der Waals surface area contributed by atoms with Gasteiger partial charge in [0.2, 0.25) is 0 Å². The Morgan fingerprint density at radius 2 is 0.716 bits per heavy atom. The molecule has 7 N–H and O–H groups in total. The third kappa shape index (κ3) is 19.4. The molecule has 2 amide bonds. The highest BCUT2D eigenvalue weighted by molar-refractivity contribution is 6.01. The summed E-state index contributed by atoms with van der Waals surface area (Å²) in [5, 5.41) is 25.0. The average molecular weight is 1130 g/mol. The Bertz CT molecular complexity index is 2910. The third-order valence-corrected chi connectivity index (χ3v) is 13.1. The van der Waals surface area contributed by atoms with Gasteiger partial charge in [-0.3, -0.25) is 9.59 Å². The molecule has 8 rings (SSSR count). The maximum Gasteiger partial charge on any atom is 0.471 e. The molecule has 0 saturated carbocycles. The van der Waals surface area contributed by atoms with E-state index in [1.165, 1.54) is 24.3 Å². The molecular formula is C61H66F6N4O10. The summed E-state index contributed by atoms with van der Waals surface area (Å²) in [6.07, 6.45) is -11.8. The second-order valence-electron chi connectivity index (χ2n) is 20.3. The second-order valence-corrected chi connectivity index (χ2v) is 20.3. The lowest BCUT2D eigenvalue weighted by Crippen LogP contribution is -2.56. The van der Waals surface area contributed by atoms with Crippen LogP contribution in [0.15, 0.2) is 176 Å². The van der Waals surface area contributed by atoms with Crippen LogP contribution in [0.4, 0.5) is 26.3 Å². The Kier molecular flexibility index (Phi) is 21.9. The molecule has 2 saturated heterocycles. The largest absolute Gasteiger partial charge is 0.478 e. The lowest BCUT2D eigenvalue weighted by molar-refractivity contribution is -0.176. The van der Waals surface area contributed by atoms with E-state index in [9.17, 15) is 45.5 Å².